The summed E-state index contributed by atoms with van der Waals surface area (Å²) in [7, 11) is 0. The van der Waals surface area contributed by atoms with Crippen LogP contribution in [0.15, 0.2) is 60.7 Å². The van der Waals surface area contributed by atoms with Crippen molar-refractivity contribution < 1.29 is 9.90 Å². The third kappa shape index (κ3) is 3.18. The third-order valence-electron chi connectivity index (χ3n) is 3.27. The fourth-order valence-electron chi connectivity index (χ4n) is 2.10. The number of anilines is 1. The van der Waals surface area contributed by atoms with E-state index in [1.54, 1.807) is 24.3 Å². The summed E-state index contributed by atoms with van der Waals surface area (Å²) in [6.45, 7) is 2.01. The molecular weight excluding hydrogens is 294 g/mol. The molecule has 110 valence electrons. The predicted molar refractivity (Wildman–Crippen MR) is 90.6 cm³/mol. The van der Waals surface area contributed by atoms with Crippen LogP contribution in [0, 0.1) is 6.92 Å². The topological polar surface area (TPSA) is 49.3 Å². The smallest absolute Gasteiger partial charge is 0.265 e. The summed E-state index contributed by atoms with van der Waals surface area (Å²) in [6, 6.07) is 18.4. The molecule has 2 aromatic carbocycles. The molecule has 3 nitrogen and oxygen atoms in total. The second kappa shape index (κ2) is 6.03. The summed E-state index contributed by atoms with van der Waals surface area (Å²) in [6.07, 6.45) is 0. The first-order valence-corrected chi connectivity index (χ1v) is 7.71. The molecule has 0 unspecified atom stereocenters. The molecule has 4 heteroatoms. The van der Waals surface area contributed by atoms with E-state index in [2.05, 4.69) is 5.32 Å². The van der Waals surface area contributed by atoms with Crippen molar-refractivity contribution in [3.8, 4) is 16.2 Å². The van der Waals surface area contributed by atoms with Crippen molar-refractivity contribution in [2.45, 2.75) is 6.92 Å². The van der Waals surface area contributed by atoms with E-state index >= 15 is 0 Å². The highest BCUT2D eigenvalue weighted by Crippen LogP contribution is 2.30. The maximum absolute atomic E-state index is 12.3. The van der Waals surface area contributed by atoms with Crippen LogP contribution >= 0.6 is 11.3 Å². The number of hydrogen-bond acceptors (Lipinski definition) is 3. The number of phenolic OH excluding ortho intramolecular Hbond substituents is 1. The van der Waals surface area contributed by atoms with Crippen molar-refractivity contribution in [1.82, 2.24) is 0 Å². The van der Waals surface area contributed by atoms with Crippen molar-refractivity contribution in [2.24, 2.45) is 0 Å². The fourth-order valence-corrected chi connectivity index (χ4v) is 3.00. The molecule has 0 radical (unpaired) electrons. The van der Waals surface area contributed by atoms with Crippen LogP contribution in [0.3, 0.4) is 0 Å². The maximum atomic E-state index is 12.3. The van der Waals surface area contributed by atoms with Crippen LogP contribution in [-0.2, 0) is 0 Å². The number of carbonyl (C=O) groups is 1. The lowest BCUT2D eigenvalue weighted by Crippen LogP contribution is -2.09. The summed E-state index contributed by atoms with van der Waals surface area (Å²) in [5.41, 5.74) is 2.84. The van der Waals surface area contributed by atoms with E-state index in [1.807, 2.05) is 43.3 Å². The van der Waals surface area contributed by atoms with Gasteiger partial charge in [0.15, 0.2) is 0 Å². The van der Waals surface area contributed by atoms with Gasteiger partial charge in [0.2, 0.25) is 0 Å². The minimum absolute atomic E-state index is 0.125. The highest BCUT2D eigenvalue weighted by molar-refractivity contribution is 7.17. The lowest BCUT2D eigenvalue weighted by atomic mass is 10.2. The zero-order chi connectivity index (χ0) is 15.5. The number of aryl methyl sites for hydroxylation is 1. The van der Waals surface area contributed by atoms with Crippen molar-refractivity contribution in [3.05, 3.63) is 71.1 Å². The number of thiophene rings is 1. The normalized spacial score (nSPS) is 10.4. The maximum Gasteiger partial charge on any atom is 0.265 e. The molecule has 1 amide bonds. The Hall–Kier alpha value is -2.59. The van der Waals surface area contributed by atoms with E-state index in [9.17, 15) is 9.90 Å². The second-order valence-electron chi connectivity index (χ2n) is 5.03. The van der Waals surface area contributed by atoms with Crippen LogP contribution in [0.25, 0.3) is 10.4 Å². The van der Waals surface area contributed by atoms with Gasteiger partial charge in [-0.25, -0.2) is 0 Å². The fraction of sp³-hybridized carbons (Fsp3) is 0.0556. The number of benzene rings is 2. The molecular formula is C18H15NO2S. The molecule has 0 spiro atoms. The number of nitrogens with one attached hydrogen (secondary N) is 1. The van der Waals surface area contributed by atoms with Crippen LogP contribution < -0.4 is 5.32 Å². The Bertz CT molecular complexity index is 806. The van der Waals surface area contributed by atoms with Crippen LogP contribution in [0.2, 0.25) is 0 Å². The van der Waals surface area contributed by atoms with E-state index < -0.39 is 0 Å². The Morgan fingerprint density at radius 3 is 2.55 bits per heavy atom. The highest BCUT2D eigenvalue weighted by Gasteiger charge is 2.11. The number of rotatable bonds is 3. The van der Waals surface area contributed by atoms with Gasteiger partial charge in [0.05, 0.1) is 4.88 Å². The molecule has 0 saturated carbocycles. The van der Waals surface area contributed by atoms with Crippen LogP contribution in [0.1, 0.15) is 15.2 Å². The molecule has 0 fully saturated rings. The minimum atomic E-state index is -0.125. The quantitative estimate of drug-likeness (QED) is 0.738. The van der Waals surface area contributed by atoms with Gasteiger partial charge in [-0.3, -0.25) is 4.79 Å². The number of hydrogen-bond donors (Lipinski definition) is 2. The first-order chi connectivity index (χ1) is 10.6. The molecule has 0 aliphatic rings. The minimum Gasteiger partial charge on any atom is -0.508 e. The highest BCUT2D eigenvalue weighted by atomic mass is 32.1. The summed E-state index contributed by atoms with van der Waals surface area (Å²) in [5, 5.41) is 12.4. The van der Waals surface area contributed by atoms with Crippen LogP contribution in [0.5, 0.6) is 5.75 Å². The Morgan fingerprint density at radius 2 is 1.82 bits per heavy atom. The summed E-state index contributed by atoms with van der Waals surface area (Å²) < 4.78 is 0. The average Bonchev–Trinajstić information content (AvgIpc) is 3.00. The zero-order valence-electron chi connectivity index (χ0n) is 12.0. The van der Waals surface area contributed by atoms with E-state index in [-0.39, 0.29) is 11.7 Å². The van der Waals surface area contributed by atoms with Crippen molar-refractivity contribution in [1.29, 1.82) is 0 Å². The van der Waals surface area contributed by atoms with Gasteiger partial charge in [-0.2, -0.15) is 0 Å². The Labute approximate surface area is 132 Å². The monoisotopic (exact) mass is 309 g/mol. The summed E-state index contributed by atoms with van der Waals surface area (Å²) >= 11 is 1.40. The van der Waals surface area contributed by atoms with Gasteiger partial charge >= 0.3 is 0 Å². The molecule has 0 atom stereocenters. The standard InChI is InChI=1S/C18H15NO2S/c1-12-5-7-14(8-6-12)19-18(21)17-10-9-16(22-17)13-3-2-4-15(20)11-13/h2-11,20H,1H3,(H,19,21). The van der Waals surface area contributed by atoms with Gasteiger partial charge in [-0.05, 0) is 48.9 Å². The molecule has 1 heterocycles. The third-order valence-corrected chi connectivity index (χ3v) is 4.40. The molecule has 0 aliphatic carbocycles. The molecule has 3 rings (SSSR count). The van der Waals surface area contributed by atoms with E-state index in [4.69, 9.17) is 0 Å². The van der Waals surface area contributed by atoms with E-state index in [1.165, 1.54) is 11.3 Å². The number of amides is 1. The first-order valence-electron chi connectivity index (χ1n) is 6.89. The number of carbonyl (C=O) groups excluding carboxylic acids is 1. The zero-order valence-corrected chi connectivity index (χ0v) is 12.9. The summed E-state index contributed by atoms with van der Waals surface area (Å²) in [5.74, 6) is 0.0943. The van der Waals surface area contributed by atoms with Crippen LogP contribution in [-0.4, -0.2) is 11.0 Å². The van der Waals surface area contributed by atoms with Gasteiger partial charge < -0.3 is 10.4 Å². The van der Waals surface area contributed by atoms with Crippen molar-refractivity contribution >= 4 is 22.9 Å². The SMILES string of the molecule is Cc1ccc(NC(=O)c2ccc(-c3cccc(O)c3)s2)cc1. The predicted octanol–water partition coefficient (Wildman–Crippen LogP) is 4.68. The Morgan fingerprint density at radius 1 is 1.05 bits per heavy atom. The Balaban J connectivity index is 1.78. The van der Waals surface area contributed by atoms with Gasteiger partial charge in [0.25, 0.3) is 5.91 Å². The van der Waals surface area contributed by atoms with Gasteiger partial charge in [-0.15, -0.1) is 11.3 Å². The van der Waals surface area contributed by atoms with Crippen molar-refractivity contribution in [3.63, 3.8) is 0 Å². The number of aromatic hydroxyl groups is 1. The molecule has 0 bridgehead atoms. The van der Waals surface area contributed by atoms with Gasteiger partial charge in [0, 0.05) is 10.6 Å². The molecule has 2 N–H and O–H groups in total. The lowest BCUT2D eigenvalue weighted by Gasteiger charge is -2.03. The molecule has 1 aromatic heterocycles. The molecule has 3 aromatic rings. The largest absolute Gasteiger partial charge is 0.508 e. The molecule has 0 aliphatic heterocycles. The number of phenols is 1. The average molecular weight is 309 g/mol. The second-order valence-corrected chi connectivity index (χ2v) is 6.12. The van der Waals surface area contributed by atoms with Gasteiger partial charge in [-0.1, -0.05) is 29.8 Å². The summed E-state index contributed by atoms with van der Waals surface area (Å²) in [4.78, 5) is 13.8. The molecule has 0 saturated heterocycles. The Kier molecular flexibility index (Phi) is 3.94. The molecule has 22 heavy (non-hydrogen) atoms. The van der Waals surface area contributed by atoms with Crippen molar-refractivity contribution in [2.75, 3.05) is 5.32 Å². The van der Waals surface area contributed by atoms with Crippen LogP contribution in [0.4, 0.5) is 5.69 Å². The van der Waals surface area contributed by atoms with E-state index in [0.29, 0.717) is 4.88 Å². The first kappa shape index (κ1) is 14.4. The van der Waals surface area contributed by atoms with Gasteiger partial charge in [0.1, 0.15) is 5.75 Å². The van der Waals surface area contributed by atoms with E-state index in [0.717, 1.165) is 21.7 Å². The lowest BCUT2D eigenvalue weighted by molar-refractivity contribution is 0.103.